The molecule has 0 rings (SSSR count). The zero-order valence-corrected chi connectivity index (χ0v) is 12.1. The molecule has 2 unspecified atom stereocenters. The Bertz CT molecular complexity index is 131. The third kappa shape index (κ3) is 9.43. The molecule has 2 atom stereocenters. The fourth-order valence-corrected chi connectivity index (χ4v) is 1.18. The summed E-state index contributed by atoms with van der Waals surface area (Å²) < 4.78 is 0. The molecule has 1 radical (unpaired) electrons. The summed E-state index contributed by atoms with van der Waals surface area (Å²) in [7, 11) is 2.92. The predicted octanol–water partition coefficient (Wildman–Crippen LogP) is 2.39. The smallest absolute Gasteiger partial charge is 0.0137 e. The van der Waals surface area contributed by atoms with E-state index in [2.05, 4.69) is 30.0 Å². The Hall–Kier alpha value is 0.869. The minimum absolute atomic E-state index is 0. The van der Waals surface area contributed by atoms with Crippen molar-refractivity contribution in [2.45, 2.75) is 51.6 Å². The predicted molar refractivity (Wildman–Crippen MR) is 63.7 cm³/mol. The normalized spacial score (nSPS) is 15.0. The minimum atomic E-state index is 0. The molecule has 4 heteroatoms. The quantitative estimate of drug-likeness (QED) is 0.329. The molecule has 0 aliphatic carbocycles. The molecule has 0 aromatic carbocycles. The van der Waals surface area contributed by atoms with Gasteiger partial charge in [-0.2, -0.15) is 0 Å². The monoisotopic (exact) mass is 259 g/mol. The Morgan fingerprint density at radius 2 is 1.86 bits per heavy atom. The molecule has 2 N–H and O–H groups in total. The molecular weight excluding hydrogens is 234 g/mol. The van der Waals surface area contributed by atoms with Gasteiger partial charge in [-0.3, -0.25) is 5.84 Å². The summed E-state index contributed by atoms with van der Waals surface area (Å²) in [4.78, 5) is 0. The van der Waals surface area contributed by atoms with Crippen molar-refractivity contribution in [1.29, 1.82) is 0 Å². The molecule has 14 heavy (non-hydrogen) atoms. The van der Waals surface area contributed by atoms with Gasteiger partial charge < -0.3 is 0 Å². The Kier molecular flexibility index (Phi) is 11.3. The Morgan fingerprint density at radius 3 is 2.29 bits per heavy atom. The van der Waals surface area contributed by atoms with Crippen LogP contribution in [-0.4, -0.2) is 23.3 Å². The topological polar surface area (TPSA) is 29.3 Å². The fraction of sp³-hybridized carbons (Fsp3) is 1.00. The van der Waals surface area contributed by atoms with Gasteiger partial charge >= 0.3 is 0 Å². The van der Waals surface area contributed by atoms with Crippen LogP contribution in [0.4, 0.5) is 0 Å². The molecule has 0 heterocycles. The van der Waals surface area contributed by atoms with Gasteiger partial charge in [0.15, 0.2) is 0 Å². The molecule has 2 nitrogen and oxygen atoms in total. The number of nitrogens with zero attached hydrogens (tertiary/aromatic N) is 1. The first-order chi connectivity index (χ1) is 6.02. The third-order valence-electron chi connectivity index (χ3n) is 2.58. The summed E-state index contributed by atoms with van der Waals surface area (Å²) in [6, 6.07) is 0. The molecule has 0 saturated heterocycles. The molecule has 0 amide bonds. The van der Waals surface area contributed by atoms with Crippen LogP contribution in [0.3, 0.4) is 0 Å². The van der Waals surface area contributed by atoms with Crippen LogP contribution in [0.2, 0.25) is 0 Å². The Labute approximate surface area is 102 Å². The molecular formula is C10H25MnN2P. The van der Waals surface area contributed by atoms with E-state index in [1.54, 1.807) is 0 Å². The standard InChI is InChI=1S/C10H25N2P.Mn/c1-4-6-8-12(11)9-7-10(3,13)5-2;/h4-9,11,13H2,1-3H3;. The van der Waals surface area contributed by atoms with Crippen LogP contribution in [-0.2, 0) is 17.1 Å². The average molecular weight is 259 g/mol. The van der Waals surface area contributed by atoms with E-state index in [0.717, 1.165) is 19.5 Å². The SMILES string of the molecule is CCCCN(N)CCC(C)(P)CC.[Mn]. The molecule has 0 saturated carbocycles. The van der Waals surface area contributed by atoms with Crippen molar-refractivity contribution in [1.82, 2.24) is 5.01 Å². The number of hydrogen-bond acceptors (Lipinski definition) is 2. The first-order valence-corrected chi connectivity index (χ1v) is 5.88. The third-order valence-corrected chi connectivity index (χ3v) is 3.27. The van der Waals surface area contributed by atoms with Gasteiger partial charge in [0.2, 0.25) is 0 Å². The summed E-state index contributed by atoms with van der Waals surface area (Å²) >= 11 is 0. The molecule has 0 aromatic rings. The number of nitrogens with two attached hydrogens (primary N) is 1. The second kappa shape index (κ2) is 9.12. The largest absolute Gasteiger partial charge is 0.269 e. The van der Waals surface area contributed by atoms with Crippen LogP contribution in [0.1, 0.15) is 46.5 Å². The number of unbranched alkanes of at least 4 members (excludes halogenated alkanes) is 1. The Morgan fingerprint density at radius 1 is 1.29 bits per heavy atom. The van der Waals surface area contributed by atoms with Crippen molar-refractivity contribution in [3.63, 3.8) is 0 Å². The van der Waals surface area contributed by atoms with Crippen LogP contribution in [0.25, 0.3) is 0 Å². The van der Waals surface area contributed by atoms with E-state index >= 15 is 0 Å². The van der Waals surface area contributed by atoms with Gasteiger partial charge in [0.1, 0.15) is 0 Å². The van der Waals surface area contributed by atoms with E-state index in [1.165, 1.54) is 19.3 Å². The van der Waals surface area contributed by atoms with Crippen molar-refractivity contribution < 1.29 is 17.1 Å². The number of hydrazine groups is 1. The molecule has 0 bridgehead atoms. The minimum Gasteiger partial charge on any atom is -0.269 e. The zero-order chi connectivity index (χ0) is 10.3. The second-order valence-electron chi connectivity index (χ2n) is 4.15. The van der Waals surface area contributed by atoms with Gasteiger partial charge in [-0.25, -0.2) is 5.01 Å². The van der Waals surface area contributed by atoms with Gasteiger partial charge in [-0.15, -0.1) is 9.24 Å². The molecule has 0 aliphatic heterocycles. The average Bonchev–Trinajstić information content (AvgIpc) is 2.11. The maximum Gasteiger partial charge on any atom is 0.0137 e. The van der Waals surface area contributed by atoms with Crippen molar-refractivity contribution in [2.75, 3.05) is 13.1 Å². The van der Waals surface area contributed by atoms with Crippen molar-refractivity contribution in [3.05, 3.63) is 0 Å². The van der Waals surface area contributed by atoms with E-state index in [1.807, 2.05) is 5.01 Å². The summed E-state index contributed by atoms with van der Waals surface area (Å²) in [5.74, 6) is 5.85. The van der Waals surface area contributed by atoms with E-state index in [9.17, 15) is 0 Å². The zero-order valence-electron chi connectivity index (χ0n) is 9.72. The molecule has 0 fully saturated rings. The van der Waals surface area contributed by atoms with E-state index in [4.69, 9.17) is 5.84 Å². The van der Waals surface area contributed by atoms with Crippen LogP contribution in [0, 0.1) is 0 Å². The Balaban J connectivity index is 0. The molecule has 0 aliphatic rings. The van der Waals surface area contributed by atoms with Crippen LogP contribution < -0.4 is 5.84 Å². The summed E-state index contributed by atoms with van der Waals surface area (Å²) in [5.41, 5.74) is 0. The van der Waals surface area contributed by atoms with Crippen LogP contribution in [0.5, 0.6) is 0 Å². The van der Waals surface area contributed by atoms with Crippen LogP contribution in [0.15, 0.2) is 0 Å². The van der Waals surface area contributed by atoms with Crippen molar-refractivity contribution >= 4 is 9.24 Å². The second-order valence-corrected chi connectivity index (χ2v) is 5.54. The molecule has 87 valence electrons. The van der Waals surface area contributed by atoms with Gasteiger partial charge in [-0.1, -0.05) is 27.2 Å². The van der Waals surface area contributed by atoms with Crippen molar-refractivity contribution in [3.8, 4) is 0 Å². The van der Waals surface area contributed by atoms with E-state index < -0.39 is 0 Å². The first kappa shape index (κ1) is 17.3. The van der Waals surface area contributed by atoms with Gasteiger partial charge in [0.25, 0.3) is 0 Å². The molecule has 0 aromatic heterocycles. The number of rotatable bonds is 7. The van der Waals surface area contributed by atoms with E-state index in [-0.39, 0.29) is 17.1 Å². The van der Waals surface area contributed by atoms with E-state index in [0.29, 0.717) is 5.16 Å². The van der Waals surface area contributed by atoms with Gasteiger partial charge in [-0.05, 0) is 24.4 Å². The van der Waals surface area contributed by atoms with Gasteiger partial charge in [0, 0.05) is 30.2 Å². The van der Waals surface area contributed by atoms with Crippen LogP contribution >= 0.6 is 9.24 Å². The van der Waals surface area contributed by atoms with Gasteiger partial charge in [0.05, 0.1) is 0 Å². The maximum atomic E-state index is 5.85. The number of hydrogen-bond donors (Lipinski definition) is 1. The molecule has 0 spiro atoms. The maximum absolute atomic E-state index is 5.85. The fourth-order valence-electron chi connectivity index (χ4n) is 1.05. The summed E-state index contributed by atoms with van der Waals surface area (Å²) in [6.45, 7) is 8.72. The van der Waals surface area contributed by atoms with Crippen molar-refractivity contribution in [2.24, 2.45) is 5.84 Å². The summed E-state index contributed by atoms with van der Waals surface area (Å²) in [5, 5.41) is 2.31. The summed E-state index contributed by atoms with van der Waals surface area (Å²) in [6.07, 6.45) is 4.78. The first-order valence-electron chi connectivity index (χ1n) is 5.30.